The number of nitrogens with two attached hydrogens (primary N) is 2. The summed E-state index contributed by atoms with van der Waals surface area (Å²) >= 11 is 1.48. The summed E-state index contributed by atoms with van der Waals surface area (Å²) in [5.41, 5.74) is 12.1. The largest absolute Gasteiger partial charge is 0.369 e. The summed E-state index contributed by atoms with van der Waals surface area (Å²) in [7, 11) is 0. The van der Waals surface area contributed by atoms with Gasteiger partial charge < -0.3 is 11.5 Å². The molecule has 0 fully saturated rings. The summed E-state index contributed by atoms with van der Waals surface area (Å²) in [6.07, 6.45) is 1.39. The fraction of sp³-hybridized carbons (Fsp3) is 0.0667. The van der Waals surface area contributed by atoms with Gasteiger partial charge in [0.15, 0.2) is 0 Å². The fourth-order valence-electron chi connectivity index (χ4n) is 1.73. The third kappa shape index (κ3) is 4.82. The maximum atomic E-state index is 10.9. The Kier molecular flexibility index (Phi) is 5.32. The standard InChI is InChI=1S/C15H15N5O2S/c1-10-2-5-13(6-3-10)23-14-7-4-12(20(21)22)8-11(14)9-18-19-15(16)17/h2-9H,1H3,(H4,16,17,19). The maximum Gasteiger partial charge on any atom is 0.270 e. The lowest BCUT2D eigenvalue weighted by molar-refractivity contribution is -0.384. The Morgan fingerprint density at radius 2 is 1.91 bits per heavy atom. The van der Waals surface area contributed by atoms with Crippen LogP contribution in [0.25, 0.3) is 0 Å². The molecule has 0 amide bonds. The number of benzene rings is 2. The molecular weight excluding hydrogens is 314 g/mol. The molecule has 2 aromatic rings. The number of non-ortho nitro benzene ring substituents is 1. The maximum absolute atomic E-state index is 10.9. The van der Waals surface area contributed by atoms with E-state index in [2.05, 4.69) is 10.2 Å². The van der Waals surface area contributed by atoms with Crippen LogP contribution in [0.3, 0.4) is 0 Å². The molecule has 0 heterocycles. The van der Waals surface area contributed by atoms with Crippen LogP contribution in [0, 0.1) is 17.0 Å². The lowest BCUT2D eigenvalue weighted by Gasteiger charge is -2.06. The second-order valence-electron chi connectivity index (χ2n) is 4.66. The van der Waals surface area contributed by atoms with E-state index >= 15 is 0 Å². The number of hydrogen-bond donors (Lipinski definition) is 2. The van der Waals surface area contributed by atoms with Gasteiger partial charge in [-0.15, -0.1) is 5.10 Å². The Balaban J connectivity index is 2.36. The summed E-state index contributed by atoms with van der Waals surface area (Å²) in [6, 6.07) is 12.5. The quantitative estimate of drug-likeness (QED) is 0.378. The van der Waals surface area contributed by atoms with Gasteiger partial charge in [-0.25, -0.2) is 0 Å². The highest BCUT2D eigenvalue weighted by molar-refractivity contribution is 7.99. The van der Waals surface area contributed by atoms with Crippen molar-refractivity contribution >= 4 is 29.6 Å². The highest BCUT2D eigenvalue weighted by atomic mass is 32.2. The van der Waals surface area contributed by atoms with Gasteiger partial charge >= 0.3 is 0 Å². The molecule has 4 N–H and O–H groups in total. The van der Waals surface area contributed by atoms with Crippen molar-refractivity contribution in [3.63, 3.8) is 0 Å². The predicted molar refractivity (Wildman–Crippen MR) is 91.8 cm³/mol. The Morgan fingerprint density at radius 1 is 1.22 bits per heavy atom. The lowest BCUT2D eigenvalue weighted by Crippen LogP contribution is -2.21. The lowest BCUT2D eigenvalue weighted by atomic mass is 10.2. The van der Waals surface area contributed by atoms with Gasteiger partial charge in [-0.05, 0) is 25.1 Å². The topological polar surface area (TPSA) is 120 Å². The molecule has 0 atom stereocenters. The number of rotatable bonds is 5. The fourth-order valence-corrected chi connectivity index (χ4v) is 2.63. The van der Waals surface area contributed by atoms with Crippen LogP contribution in [0.5, 0.6) is 0 Å². The summed E-state index contributed by atoms with van der Waals surface area (Å²) < 4.78 is 0. The first-order chi connectivity index (χ1) is 11.0. The molecule has 118 valence electrons. The molecule has 0 spiro atoms. The number of aryl methyl sites for hydroxylation is 1. The van der Waals surface area contributed by atoms with Crippen LogP contribution in [0.1, 0.15) is 11.1 Å². The Morgan fingerprint density at radius 3 is 2.52 bits per heavy atom. The normalized spacial score (nSPS) is 10.7. The van der Waals surface area contributed by atoms with Gasteiger partial charge in [-0.1, -0.05) is 29.5 Å². The molecule has 0 saturated carbocycles. The molecule has 7 nitrogen and oxygen atoms in total. The average molecular weight is 329 g/mol. The van der Waals surface area contributed by atoms with E-state index in [0.717, 1.165) is 15.4 Å². The average Bonchev–Trinajstić information content (AvgIpc) is 2.50. The van der Waals surface area contributed by atoms with E-state index in [1.165, 1.54) is 30.1 Å². The SMILES string of the molecule is Cc1ccc(Sc2ccc([N+](=O)[O-])cc2C=NN=C(N)N)cc1. The smallest absolute Gasteiger partial charge is 0.270 e. The molecular formula is C15H15N5O2S. The summed E-state index contributed by atoms with van der Waals surface area (Å²) in [5, 5.41) is 18.2. The molecule has 23 heavy (non-hydrogen) atoms. The molecule has 0 aliphatic carbocycles. The minimum absolute atomic E-state index is 0.0237. The van der Waals surface area contributed by atoms with E-state index in [1.807, 2.05) is 31.2 Å². The molecule has 0 saturated heterocycles. The Bertz CT molecular complexity index is 768. The van der Waals surface area contributed by atoms with Crippen LogP contribution in [0.15, 0.2) is 62.5 Å². The summed E-state index contributed by atoms with van der Waals surface area (Å²) in [6.45, 7) is 2.01. The molecule has 8 heteroatoms. The van der Waals surface area contributed by atoms with Gasteiger partial charge in [0.2, 0.25) is 5.96 Å². The first kappa shape index (κ1) is 16.5. The molecule has 0 bridgehead atoms. The van der Waals surface area contributed by atoms with Crippen LogP contribution < -0.4 is 11.5 Å². The van der Waals surface area contributed by atoms with Gasteiger partial charge in [-0.3, -0.25) is 10.1 Å². The highest BCUT2D eigenvalue weighted by Crippen LogP contribution is 2.32. The number of hydrogen-bond acceptors (Lipinski definition) is 5. The molecule has 0 unspecified atom stereocenters. The van der Waals surface area contributed by atoms with Crippen molar-refractivity contribution in [2.45, 2.75) is 16.7 Å². The highest BCUT2D eigenvalue weighted by Gasteiger charge is 2.11. The Labute approximate surface area is 137 Å². The minimum Gasteiger partial charge on any atom is -0.369 e. The van der Waals surface area contributed by atoms with Crippen LogP contribution in [-0.2, 0) is 0 Å². The van der Waals surface area contributed by atoms with Crippen molar-refractivity contribution in [3.8, 4) is 0 Å². The van der Waals surface area contributed by atoms with Crippen LogP contribution in [0.2, 0.25) is 0 Å². The molecule has 0 aliphatic rings. The van der Waals surface area contributed by atoms with Gasteiger partial charge in [0, 0.05) is 27.5 Å². The minimum atomic E-state index is -0.460. The van der Waals surface area contributed by atoms with E-state index in [0.29, 0.717) is 5.56 Å². The van der Waals surface area contributed by atoms with Gasteiger partial charge in [0.05, 0.1) is 11.1 Å². The van der Waals surface area contributed by atoms with Gasteiger partial charge in [0.1, 0.15) is 0 Å². The van der Waals surface area contributed by atoms with E-state index in [9.17, 15) is 10.1 Å². The van der Waals surface area contributed by atoms with Crippen molar-refractivity contribution in [2.24, 2.45) is 21.7 Å². The van der Waals surface area contributed by atoms with Crippen LogP contribution in [0.4, 0.5) is 5.69 Å². The monoisotopic (exact) mass is 329 g/mol. The Hall–Kier alpha value is -2.87. The third-order valence-corrected chi connectivity index (χ3v) is 3.92. The van der Waals surface area contributed by atoms with E-state index in [1.54, 1.807) is 6.07 Å². The van der Waals surface area contributed by atoms with Crippen molar-refractivity contribution in [2.75, 3.05) is 0 Å². The zero-order valence-electron chi connectivity index (χ0n) is 12.3. The zero-order chi connectivity index (χ0) is 16.8. The summed E-state index contributed by atoms with van der Waals surface area (Å²) in [5.74, 6) is -0.181. The van der Waals surface area contributed by atoms with Crippen molar-refractivity contribution in [1.29, 1.82) is 0 Å². The van der Waals surface area contributed by atoms with Gasteiger partial charge in [-0.2, -0.15) is 5.10 Å². The second kappa shape index (κ2) is 7.41. The number of nitrogens with zero attached hydrogens (tertiary/aromatic N) is 3. The first-order valence-electron chi connectivity index (χ1n) is 6.60. The van der Waals surface area contributed by atoms with Crippen molar-refractivity contribution in [1.82, 2.24) is 0 Å². The van der Waals surface area contributed by atoms with Crippen LogP contribution >= 0.6 is 11.8 Å². The molecule has 0 aliphatic heterocycles. The number of nitro benzene ring substituents is 1. The number of guanidine groups is 1. The summed E-state index contributed by atoms with van der Waals surface area (Å²) in [4.78, 5) is 12.3. The zero-order valence-corrected chi connectivity index (χ0v) is 13.2. The third-order valence-electron chi connectivity index (χ3n) is 2.82. The second-order valence-corrected chi connectivity index (χ2v) is 5.78. The molecule has 0 radical (unpaired) electrons. The first-order valence-corrected chi connectivity index (χ1v) is 7.42. The van der Waals surface area contributed by atoms with Crippen LogP contribution in [-0.4, -0.2) is 17.1 Å². The number of nitro groups is 1. The van der Waals surface area contributed by atoms with E-state index < -0.39 is 4.92 Å². The van der Waals surface area contributed by atoms with Crippen molar-refractivity contribution in [3.05, 3.63) is 63.7 Å². The predicted octanol–water partition coefficient (Wildman–Crippen LogP) is 2.66. The van der Waals surface area contributed by atoms with E-state index in [-0.39, 0.29) is 11.6 Å². The van der Waals surface area contributed by atoms with Gasteiger partial charge in [0.25, 0.3) is 5.69 Å². The van der Waals surface area contributed by atoms with E-state index in [4.69, 9.17) is 11.5 Å². The van der Waals surface area contributed by atoms with Crippen molar-refractivity contribution < 1.29 is 4.92 Å². The molecule has 2 aromatic carbocycles. The molecule has 0 aromatic heterocycles. The molecule has 2 rings (SSSR count).